The Morgan fingerprint density at radius 1 is 1.00 bits per heavy atom. The lowest BCUT2D eigenvalue weighted by Gasteiger charge is -2.06. The van der Waals surface area contributed by atoms with Gasteiger partial charge in [-0.1, -0.05) is 34.6 Å². The summed E-state index contributed by atoms with van der Waals surface area (Å²) in [6, 6.07) is 0.699. The zero-order valence-corrected chi connectivity index (χ0v) is 9.07. The van der Waals surface area contributed by atoms with Crippen molar-refractivity contribution >= 4 is 0 Å². The summed E-state index contributed by atoms with van der Waals surface area (Å²) < 4.78 is 0. The van der Waals surface area contributed by atoms with Gasteiger partial charge < -0.3 is 5.32 Å². The molecular weight excluding hydrogens is 134 g/mol. The van der Waals surface area contributed by atoms with Crippen molar-refractivity contribution in [2.45, 2.75) is 54.0 Å². The zero-order chi connectivity index (χ0) is 9.28. The lowest BCUT2D eigenvalue weighted by molar-refractivity contribution is 0.553. The van der Waals surface area contributed by atoms with Gasteiger partial charge in [-0.25, -0.2) is 0 Å². The van der Waals surface area contributed by atoms with Crippen LogP contribution in [0, 0.1) is 5.92 Å². The van der Waals surface area contributed by atoms with Crippen LogP contribution in [0.3, 0.4) is 0 Å². The van der Waals surface area contributed by atoms with E-state index in [0.717, 1.165) is 12.5 Å². The molecule has 1 atom stereocenters. The second kappa shape index (κ2) is 9.96. The van der Waals surface area contributed by atoms with Crippen LogP contribution in [-0.4, -0.2) is 12.6 Å². The van der Waals surface area contributed by atoms with Gasteiger partial charge in [-0.3, -0.25) is 0 Å². The molecule has 0 heterocycles. The topological polar surface area (TPSA) is 12.0 Å². The third-order valence-electron chi connectivity index (χ3n) is 1.16. The van der Waals surface area contributed by atoms with E-state index in [0.29, 0.717) is 6.04 Å². The molecule has 0 aliphatic carbocycles. The van der Waals surface area contributed by atoms with Gasteiger partial charge in [0.1, 0.15) is 0 Å². The first-order chi connectivity index (χ1) is 5.04. The minimum Gasteiger partial charge on any atom is -0.315 e. The smallest absolute Gasteiger partial charge is 0.00359 e. The predicted molar refractivity (Wildman–Crippen MR) is 53.9 cm³/mol. The monoisotopic (exact) mass is 159 g/mol. The molecule has 0 amide bonds. The molecule has 0 saturated carbocycles. The van der Waals surface area contributed by atoms with Gasteiger partial charge in [0.05, 0.1) is 0 Å². The van der Waals surface area contributed by atoms with E-state index in [1.807, 2.05) is 0 Å². The van der Waals surface area contributed by atoms with Crippen LogP contribution in [0.5, 0.6) is 0 Å². The van der Waals surface area contributed by atoms with Crippen LogP contribution < -0.4 is 5.32 Å². The maximum absolute atomic E-state index is 3.30. The van der Waals surface area contributed by atoms with Gasteiger partial charge >= 0.3 is 0 Å². The Kier molecular flexibility index (Phi) is 12.3. The van der Waals surface area contributed by atoms with Gasteiger partial charge in [-0.2, -0.15) is 0 Å². The fourth-order valence-electron chi connectivity index (χ4n) is 0.493. The Morgan fingerprint density at radius 3 is 1.45 bits per heavy atom. The number of nitrogens with one attached hydrogen (secondary N) is 1. The first kappa shape index (κ1) is 13.5. The molecule has 0 aliphatic heterocycles. The summed E-state index contributed by atoms with van der Waals surface area (Å²) >= 11 is 0. The summed E-state index contributed by atoms with van der Waals surface area (Å²) in [5.41, 5.74) is 0. The largest absolute Gasteiger partial charge is 0.315 e. The van der Waals surface area contributed by atoms with Gasteiger partial charge in [-0.05, 0) is 25.8 Å². The van der Waals surface area contributed by atoms with Crippen LogP contribution in [0.2, 0.25) is 0 Å². The highest BCUT2D eigenvalue weighted by atomic mass is 14.9. The van der Waals surface area contributed by atoms with Crippen LogP contribution in [0.4, 0.5) is 0 Å². The minimum atomic E-state index is 0.699. The summed E-state index contributed by atoms with van der Waals surface area (Å²) in [6.07, 6.45) is 1.23. The standard InChI is InChI=1S/C6H15N.C4H10/c1-4-6(3)7-5-2;1-4(2)3/h6-7H,4-5H2,1-3H3;4H,1-3H3. The van der Waals surface area contributed by atoms with Crippen LogP contribution in [0.25, 0.3) is 0 Å². The van der Waals surface area contributed by atoms with Crippen LogP contribution in [0.1, 0.15) is 48.0 Å². The molecular formula is C10H25N. The van der Waals surface area contributed by atoms with Crippen molar-refractivity contribution in [2.75, 3.05) is 6.54 Å². The van der Waals surface area contributed by atoms with Gasteiger partial charge in [0.25, 0.3) is 0 Å². The number of rotatable bonds is 3. The second-order valence-corrected chi connectivity index (χ2v) is 3.60. The van der Waals surface area contributed by atoms with E-state index in [1.54, 1.807) is 0 Å². The fourth-order valence-corrected chi connectivity index (χ4v) is 0.493. The van der Waals surface area contributed by atoms with Crippen LogP contribution >= 0.6 is 0 Å². The van der Waals surface area contributed by atoms with E-state index < -0.39 is 0 Å². The normalized spacial score (nSPS) is 12.3. The van der Waals surface area contributed by atoms with E-state index >= 15 is 0 Å². The highest BCUT2D eigenvalue weighted by Crippen LogP contribution is 1.84. The molecule has 0 saturated heterocycles. The molecule has 1 unspecified atom stereocenters. The number of hydrogen-bond acceptors (Lipinski definition) is 1. The maximum Gasteiger partial charge on any atom is 0.00359 e. The van der Waals surface area contributed by atoms with Gasteiger partial charge in [0.15, 0.2) is 0 Å². The van der Waals surface area contributed by atoms with E-state index in [9.17, 15) is 0 Å². The minimum absolute atomic E-state index is 0.699. The Labute approximate surface area is 72.6 Å². The van der Waals surface area contributed by atoms with Gasteiger partial charge in [0, 0.05) is 6.04 Å². The van der Waals surface area contributed by atoms with Gasteiger partial charge in [-0.15, -0.1) is 0 Å². The first-order valence-corrected chi connectivity index (χ1v) is 4.77. The van der Waals surface area contributed by atoms with Crippen molar-refractivity contribution in [1.29, 1.82) is 0 Å². The van der Waals surface area contributed by atoms with E-state index in [1.165, 1.54) is 6.42 Å². The van der Waals surface area contributed by atoms with Crippen LogP contribution in [-0.2, 0) is 0 Å². The SMILES string of the molecule is CC(C)C.CCNC(C)CC. The average molecular weight is 159 g/mol. The Morgan fingerprint density at radius 2 is 1.36 bits per heavy atom. The Bertz CT molecular complexity index is 57.1. The highest BCUT2D eigenvalue weighted by molar-refractivity contribution is 4.53. The molecule has 11 heavy (non-hydrogen) atoms. The molecule has 0 rings (SSSR count). The molecule has 0 bridgehead atoms. The van der Waals surface area contributed by atoms with E-state index in [-0.39, 0.29) is 0 Å². The van der Waals surface area contributed by atoms with Crippen LogP contribution in [0.15, 0.2) is 0 Å². The molecule has 1 nitrogen and oxygen atoms in total. The average Bonchev–Trinajstić information content (AvgIpc) is 1.87. The molecule has 0 spiro atoms. The van der Waals surface area contributed by atoms with Crippen molar-refractivity contribution in [2.24, 2.45) is 5.92 Å². The number of hydrogen-bond donors (Lipinski definition) is 1. The van der Waals surface area contributed by atoms with Crippen molar-refractivity contribution in [3.05, 3.63) is 0 Å². The Balaban J connectivity index is 0. The third-order valence-corrected chi connectivity index (χ3v) is 1.16. The lowest BCUT2D eigenvalue weighted by Crippen LogP contribution is -2.24. The molecule has 0 aromatic carbocycles. The van der Waals surface area contributed by atoms with Gasteiger partial charge in [0.2, 0.25) is 0 Å². The molecule has 0 aliphatic rings. The fraction of sp³-hybridized carbons (Fsp3) is 1.00. The summed E-state index contributed by atoms with van der Waals surface area (Å²) in [4.78, 5) is 0. The lowest BCUT2D eigenvalue weighted by atomic mass is 10.3. The van der Waals surface area contributed by atoms with Crippen molar-refractivity contribution < 1.29 is 0 Å². The van der Waals surface area contributed by atoms with Crippen molar-refractivity contribution in [3.63, 3.8) is 0 Å². The quantitative estimate of drug-likeness (QED) is 0.667. The maximum atomic E-state index is 3.30. The predicted octanol–water partition coefficient (Wildman–Crippen LogP) is 3.06. The molecule has 70 valence electrons. The Hall–Kier alpha value is -0.0400. The molecule has 0 radical (unpaired) electrons. The zero-order valence-electron chi connectivity index (χ0n) is 9.07. The summed E-state index contributed by atoms with van der Waals surface area (Å²) in [6.45, 7) is 14.1. The second-order valence-electron chi connectivity index (χ2n) is 3.60. The van der Waals surface area contributed by atoms with E-state index in [4.69, 9.17) is 0 Å². The summed E-state index contributed by atoms with van der Waals surface area (Å²) in [7, 11) is 0. The highest BCUT2D eigenvalue weighted by Gasteiger charge is 1.90. The third kappa shape index (κ3) is 25.7. The first-order valence-electron chi connectivity index (χ1n) is 4.77. The molecule has 0 aromatic heterocycles. The van der Waals surface area contributed by atoms with E-state index in [2.05, 4.69) is 46.9 Å². The summed E-state index contributed by atoms with van der Waals surface area (Å²) in [5.74, 6) is 0.833. The molecule has 0 fully saturated rings. The van der Waals surface area contributed by atoms with Crippen molar-refractivity contribution in [3.8, 4) is 0 Å². The molecule has 1 N–H and O–H groups in total. The molecule has 1 heteroatoms. The molecule has 0 aromatic rings. The van der Waals surface area contributed by atoms with Crippen molar-refractivity contribution in [1.82, 2.24) is 5.32 Å². The summed E-state index contributed by atoms with van der Waals surface area (Å²) in [5, 5.41) is 3.30.